The summed E-state index contributed by atoms with van der Waals surface area (Å²) in [6.07, 6.45) is 1.85. The Kier molecular flexibility index (Phi) is 4.10. The SMILES string of the molecule is COC(=O)C=CC(=O)c1ccccc1[N+](=O)[O-]. The number of carbonyl (C=O) groups excluding carboxylic acids is 2. The standard InChI is InChI=1S/C11H9NO5/c1-17-11(14)7-6-10(13)8-4-2-3-5-9(8)12(15)16/h2-7H,1H3. The summed E-state index contributed by atoms with van der Waals surface area (Å²) in [5.74, 6) is -1.32. The third-order valence-electron chi connectivity index (χ3n) is 1.94. The molecular weight excluding hydrogens is 226 g/mol. The van der Waals surface area contributed by atoms with Crippen LogP contribution in [-0.2, 0) is 9.53 Å². The van der Waals surface area contributed by atoms with Crippen LogP contribution in [0.3, 0.4) is 0 Å². The van der Waals surface area contributed by atoms with Crippen LogP contribution in [-0.4, -0.2) is 23.8 Å². The van der Waals surface area contributed by atoms with E-state index in [1.165, 1.54) is 31.4 Å². The zero-order valence-electron chi connectivity index (χ0n) is 8.95. The van der Waals surface area contributed by atoms with Crippen molar-refractivity contribution in [2.24, 2.45) is 0 Å². The minimum Gasteiger partial charge on any atom is -0.466 e. The van der Waals surface area contributed by atoms with Crippen molar-refractivity contribution >= 4 is 17.4 Å². The molecule has 0 aliphatic rings. The molecule has 0 fully saturated rings. The summed E-state index contributed by atoms with van der Waals surface area (Å²) in [4.78, 5) is 32.4. The highest BCUT2D eigenvalue weighted by atomic mass is 16.6. The van der Waals surface area contributed by atoms with Gasteiger partial charge < -0.3 is 4.74 Å². The first-order chi connectivity index (χ1) is 8.06. The Morgan fingerprint density at radius 2 is 1.94 bits per heavy atom. The highest BCUT2D eigenvalue weighted by molar-refractivity contribution is 6.09. The summed E-state index contributed by atoms with van der Waals surface area (Å²) in [5, 5.41) is 10.7. The summed E-state index contributed by atoms with van der Waals surface area (Å²) >= 11 is 0. The number of nitro benzene ring substituents is 1. The second kappa shape index (κ2) is 5.55. The largest absolute Gasteiger partial charge is 0.466 e. The van der Waals surface area contributed by atoms with Gasteiger partial charge >= 0.3 is 5.97 Å². The number of allylic oxidation sites excluding steroid dienone is 1. The predicted octanol–water partition coefficient (Wildman–Crippen LogP) is 1.51. The molecule has 0 heterocycles. The molecule has 1 aromatic carbocycles. The molecule has 0 saturated carbocycles. The molecule has 0 radical (unpaired) electrons. The Hall–Kier alpha value is -2.50. The molecule has 17 heavy (non-hydrogen) atoms. The summed E-state index contributed by atoms with van der Waals surface area (Å²) in [6, 6.07) is 5.51. The topological polar surface area (TPSA) is 86.5 Å². The molecule has 6 heteroatoms. The molecule has 0 bridgehead atoms. The number of rotatable bonds is 4. The second-order valence-corrected chi connectivity index (χ2v) is 3.00. The minimum absolute atomic E-state index is 0.0716. The lowest BCUT2D eigenvalue weighted by Crippen LogP contribution is -2.02. The highest BCUT2D eigenvalue weighted by Crippen LogP contribution is 2.18. The molecule has 6 nitrogen and oxygen atoms in total. The molecule has 1 rings (SSSR count). The van der Waals surface area contributed by atoms with Gasteiger partial charge in [0.05, 0.1) is 17.6 Å². The number of ketones is 1. The number of carbonyl (C=O) groups is 2. The van der Waals surface area contributed by atoms with Crippen LogP contribution in [0.15, 0.2) is 36.4 Å². The second-order valence-electron chi connectivity index (χ2n) is 3.00. The maximum absolute atomic E-state index is 11.6. The average molecular weight is 235 g/mol. The molecule has 0 spiro atoms. The lowest BCUT2D eigenvalue weighted by molar-refractivity contribution is -0.385. The molecule has 0 aromatic heterocycles. The number of esters is 1. The van der Waals surface area contributed by atoms with Gasteiger partial charge in [-0.3, -0.25) is 14.9 Å². The normalized spacial score (nSPS) is 10.2. The molecule has 0 amide bonds. The van der Waals surface area contributed by atoms with Gasteiger partial charge in [-0.1, -0.05) is 12.1 Å². The number of ether oxygens (including phenoxy) is 1. The van der Waals surface area contributed by atoms with Gasteiger partial charge in [0, 0.05) is 12.1 Å². The lowest BCUT2D eigenvalue weighted by atomic mass is 10.1. The van der Waals surface area contributed by atoms with Gasteiger partial charge in [0.25, 0.3) is 5.69 Å². The summed E-state index contributed by atoms with van der Waals surface area (Å²) < 4.78 is 4.30. The summed E-state index contributed by atoms with van der Waals surface area (Å²) in [5.41, 5.74) is -0.371. The van der Waals surface area contributed by atoms with Crippen LogP contribution in [0.1, 0.15) is 10.4 Å². The van der Waals surface area contributed by atoms with Crippen molar-refractivity contribution in [3.63, 3.8) is 0 Å². The zero-order valence-corrected chi connectivity index (χ0v) is 8.95. The fourth-order valence-electron chi connectivity index (χ4n) is 1.14. The van der Waals surface area contributed by atoms with Crippen molar-refractivity contribution in [2.75, 3.05) is 7.11 Å². The molecule has 0 atom stereocenters. The van der Waals surface area contributed by atoms with Crippen molar-refractivity contribution in [2.45, 2.75) is 0 Å². The maximum Gasteiger partial charge on any atom is 0.330 e. The van der Waals surface area contributed by atoms with Crippen LogP contribution in [0.4, 0.5) is 5.69 Å². The Morgan fingerprint density at radius 1 is 1.29 bits per heavy atom. The molecule has 1 aromatic rings. The van der Waals surface area contributed by atoms with Crippen LogP contribution in [0.25, 0.3) is 0 Å². The van der Waals surface area contributed by atoms with Gasteiger partial charge in [0.2, 0.25) is 0 Å². The number of nitrogens with zero attached hydrogens (tertiary/aromatic N) is 1. The first-order valence-electron chi connectivity index (χ1n) is 4.60. The molecule has 88 valence electrons. The van der Waals surface area contributed by atoms with Crippen molar-refractivity contribution in [1.82, 2.24) is 0 Å². The highest BCUT2D eigenvalue weighted by Gasteiger charge is 2.17. The van der Waals surface area contributed by atoms with E-state index in [-0.39, 0.29) is 11.3 Å². The first kappa shape index (κ1) is 12.6. The molecule has 0 saturated heterocycles. The van der Waals surface area contributed by atoms with Crippen molar-refractivity contribution in [1.29, 1.82) is 0 Å². The predicted molar refractivity (Wildman–Crippen MR) is 58.6 cm³/mol. The van der Waals surface area contributed by atoms with E-state index in [0.29, 0.717) is 0 Å². The molecule has 0 unspecified atom stereocenters. The Morgan fingerprint density at radius 3 is 2.53 bits per heavy atom. The lowest BCUT2D eigenvalue weighted by Gasteiger charge is -1.97. The molecule has 0 N–H and O–H groups in total. The van der Waals surface area contributed by atoms with Crippen molar-refractivity contribution in [3.05, 3.63) is 52.1 Å². The molecule has 0 aliphatic carbocycles. The van der Waals surface area contributed by atoms with E-state index in [4.69, 9.17) is 0 Å². The fourth-order valence-corrected chi connectivity index (χ4v) is 1.14. The van der Waals surface area contributed by atoms with Crippen molar-refractivity contribution in [3.8, 4) is 0 Å². The van der Waals surface area contributed by atoms with E-state index < -0.39 is 16.7 Å². The van der Waals surface area contributed by atoms with E-state index in [1.54, 1.807) is 0 Å². The van der Waals surface area contributed by atoms with E-state index in [9.17, 15) is 19.7 Å². The molecule has 0 aliphatic heterocycles. The average Bonchev–Trinajstić information content (AvgIpc) is 2.35. The number of hydrogen-bond acceptors (Lipinski definition) is 5. The van der Waals surface area contributed by atoms with E-state index in [2.05, 4.69) is 4.74 Å². The number of para-hydroxylation sites is 1. The van der Waals surface area contributed by atoms with Crippen LogP contribution < -0.4 is 0 Å². The monoisotopic (exact) mass is 235 g/mol. The van der Waals surface area contributed by atoms with E-state index in [0.717, 1.165) is 12.2 Å². The Labute approximate surface area is 96.7 Å². The first-order valence-corrected chi connectivity index (χ1v) is 4.60. The van der Waals surface area contributed by atoms with Gasteiger partial charge in [-0.25, -0.2) is 4.79 Å². The number of methoxy groups -OCH3 is 1. The van der Waals surface area contributed by atoms with Crippen LogP contribution >= 0.6 is 0 Å². The Bertz CT molecular complexity index is 492. The van der Waals surface area contributed by atoms with Gasteiger partial charge in [0.15, 0.2) is 5.78 Å². The van der Waals surface area contributed by atoms with Crippen LogP contribution in [0.5, 0.6) is 0 Å². The number of benzene rings is 1. The molecular formula is C11H9NO5. The van der Waals surface area contributed by atoms with Gasteiger partial charge in [0.1, 0.15) is 0 Å². The summed E-state index contributed by atoms with van der Waals surface area (Å²) in [6.45, 7) is 0. The van der Waals surface area contributed by atoms with Crippen LogP contribution in [0, 0.1) is 10.1 Å². The Balaban J connectivity index is 3.01. The van der Waals surface area contributed by atoms with E-state index >= 15 is 0 Å². The van der Waals surface area contributed by atoms with Gasteiger partial charge in [-0.2, -0.15) is 0 Å². The number of nitro groups is 1. The summed E-state index contributed by atoms with van der Waals surface area (Å²) in [7, 11) is 1.17. The maximum atomic E-state index is 11.6. The number of hydrogen-bond donors (Lipinski definition) is 0. The van der Waals surface area contributed by atoms with E-state index in [1.807, 2.05) is 0 Å². The van der Waals surface area contributed by atoms with Gasteiger partial charge in [-0.05, 0) is 12.1 Å². The minimum atomic E-state index is -0.697. The third-order valence-corrected chi connectivity index (χ3v) is 1.94. The smallest absolute Gasteiger partial charge is 0.330 e. The van der Waals surface area contributed by atoms with Crippen molar-refractivity contribution < 1.29 is 19.2 Å². The fraction of sp³-hybridized carbons (Fsp3) is 0.0909. The van der Waals surface area contributed by atoms with Gasteiger partial charge in [-0.15, -0.1) is 0 Å². The quantitative estimate of drug-likeness (QED) is 0.259. The zero-order chi connectivity index (χ0) is 12.8. The third kappa shape index (κ3) is 3.23. The van der Waals surface area contributed by atoms with Crippen LogP contribution in [0.2, 0.25) is 0 Å².